The summed E-state index contributed by atoms with van der Waals surface area (Å²) in [7, 11) is 0. The first kappa shape index (κ1) is 15.4. The maximum atomic E-state index is 11.1. The molecule has 0 spiro atoms. The Hall–Kier alpha value is -1.63. The van der Waals surface area contributed by atoms with Crippen LogP contribution in [0.5, 0.6) is 0 Å². The summed E-state index contributed by atoms with van der Waals surface area (Å²) >= 11 is 0. The highest BCUT2D eigenvalue weighted by Gasteiger charge is 2.23. The molecule has 0 aromatic heterocycles. The number of carboxylic acid groups (broad SMARTS) is 1. The number of nitrogens with one attached hydrogen (secondary N) is 2. The van der Waals surface area contributed by atoms with Crippen molar-refractivity contribution < 1.29 is 19.5 Å². The Labute approximate surface area is 99.7 Å². The van der Waals surface area contributed by atoms with Gasteiger partial charge >= 0.3 is 5.97 Å². The molecule has 0 rings (SSSR count). The van der Waals surface area contributed by atoms with Crippen LogP contribution in [-0.2, 0) is 14.4 Å². The van der Waals surface area contributed by atoms with E-state index in [9.17, 15) is 14.4 Å². The highest BCUT2D eigenvalue weighted by atomic mass is 16.4. The fraction of sp³-hybridized carbons (Fsp3) is 0.700. The molecule has 2 atom stereocenters. The SMILES string of the molecule is CC(=O)NC(CNC(C(N)=O)C(C)C)C(=O)O. The number of hydrogen-bond acceptors (Lipinski definition) is 4. The van der Waals surface area contributed by atoms with E-state index in [1.165, 1.54) is 6.92 Å². The summed E-state index contributed by atoms with van der Waals surface area (Å²) in [5, 5.41) is 13.8. The molecule has 0 fully saturated rings. The predicted molar refractivity (Wildman–Crippen MR) is 61.1 cm³/mol. The Morgan fingerprint density at radius 3 is 2.12 bits per heavy atom. The van der Waals surface area contributed by atoms with Gasteiger partial charge in [0.05, 0.1) is 6.04 Å². The zero-order valence-electron chi connectivity index (χ0n) is 10.2. The lowest BCUT2D eigenvalue weighted by molar-refractivity contribution is -0.141. The second-order valence-corrected chi connectivity index (χ2v) is 4.12. The van der Waals surface area contributed by atoms with Gasteiger partial charge in [-0.3, -0.25) is 9.59 Å². The fourth-order valence-electron chi connectivity index (χ4n) is 1.36. The number of aliphatic carboxylic acids is 1. The molecular formula is C10H19N3O4. The average Bonchev–Trinajstić information content (AvgIpc) is 2.14. The van der Waals surface area contributed by atoms with Crippen molar-refractivity contribution in [1.82, 2.24) is 10.6 Å². The molecule has 0 radical (unpaired) electrons. The van der Waals surface area contributed by atoms with E-state index in [1.807, 2.05) is 0 Å². The van der Waals surface area contributed by atoms with Gasteiger partial charge in [0.1, 0.15) is 6.04 Å². The highest BCUT2D eigenvalue weighted by molar-refractivity contribution is 5.83. The van der Waals surface area contributed by atoms with Gasteiger partial charge in [0.15, 0.2) is 0 Å². The summed E-state index contributed by atoms with van der Waals surface area (Å²) in [6.45, 7) is 4.75. The number of hydrogen-bond donors (Lipinski definition) is 4. The Morgan fingerprint density at radius 2 is 1.82 bits per heavy atom. The number of amides is 2. The van der Waals surface area contributed by atoms with Gasteiger partial charge in [-0.1, -0.05) is 13.8 Å². The number of carbonyl (C=O) groups is 3. The van der Waals surface area contributed by atoms with E-state index in [4.69, 9.17) is 10.8 Å². The Bertz CT molecular complexity index is 304. The van der Waals surface area contributed by atoms with Gasteiger partial charge in [0.2, 0.25) is 11.8 Å². The van der Waals surface area contributed by atoms with Crippen LogP contribution in [-0.4, -0.2) is 41.5 Å². The Balaban J connectivity index is 4.42. The smallest absolute Gasteiger partial charge is 0.327 e. The molecule has 17 heavy (non-hydrogen) atoms. The van der Waals surface area contributed by atoms with Crippen molar-refractivity contribution in [2.24, 2.45) is 11.7 Å². The second-order valence-electron chi connectivity index (χ2n) is 4.12. The van der Waals surface area contributed by atoms with Crippen molar-refractivity contribution in [1.29, 1.82) is 0 Å². The van der Waals surface area contributed by atoms with Crippen molar-refractivity contribution >= 4 is 17.8 Å². The van der Waals surface area contributed by atoms with Crippen LogP contribution in [0.3, 0.4) is 0 Å². The van der Waals surface area contributed by atoms with E-state index in [1.54, 1.807) is 13.8 Å². The molecule has 0 aliphatic carbocycles. The van der Waals surface area contributed by atoms with E-state index in [-0.39, 0.29) is 12.5 Å². The lowest BCUT2D eigenvalue weighted by Crippen LogP contribution is -2.53. The molecule has 2 unspecified atom stereocenters. The molecule has 7 nitrogen and oxygen atoms in total. The van der Waals surface area contributed by atoms with Crippen LogP contribution in [0, 0.1) is 5.92 Å². The van der Waals surface area contributed by atoms with Crippen LogP contribution in [0.15, 0.2) is 0 Å². The molecule has 0 aromatic rings. The molecular weight excluding hydrogens is 226 g/mol. The quantitative estimate of drug-likeness (QED) is 0.443. The Morgan fingerprint density at radius 1 is 1.29 bits per heavy atom. The van der Waals surface area contributed by atoms with Crippen LogP contribution in [0.4, 0.5) is 0 Å². The topological polar surface area (TPSA) is 122 Å². The van der Waals surface area contributed by atoms with E-state index in [0.717, 1.165) is 0 Å². The average molecular weight is 245 g/mol. The van der Waals surface area contributed by atoms with E-state index in [2.05, 4.69) is 10.6 Å². The van der Waals surface area contributed by atoms with Crippen LogP contribution >= 0.6 is 0 Å². The fourth-order valence-corrected chi connectivity index (χ4v) is 1.36. The van der Waals surface area contributed by atoms with Crippen LogP contribution in [0.25, 0.3) is 0 Å². The minimum absolute atomic E-state index is 0.0549. The summed E-state index contributed by atoms with van der Waals surface area (Å²) in [6, 6.07) is -1.70. The van der Waals surface area contributed by atoms with Crippen molar-refractivity contribution in [2.45, 2.75) is 32.9 Å². The number of carboxylic acids is 1. The third-order valence-corrected chi connectivity index (χ3v) is 2.19. The molecule has 0 heterocycles. The number of primary amides is 1. The number of nitrogens with two attached hydrogens (primary N) is 1. The van der Waals surface area contributed by atoms with Gasteiger partial charge in [-0.15, -0.1) is 0 Å². The molecule has 7 heteroatoms. The summed E-state index contributed by atoms with van der Waals surface area (Å²) in [4.78, 5) is 32.7. The minimum atomic E-state index is -1.17. The van der Waals surface area contributed by atoms with Crippen molar-refractivity contribution in [3.8, 4) is 0 Å². The molecule has 0 bridgehead atoms. The molecule has 0 saturated carbocycles. The van der Waals surface area contributed by atoms with E-state index < -0.39 is 29.9 Å². The summed E-state index contributed by atoms with van der Waals surface area (Å²) in [5.74, 6) is -2.22. The molecule has 98 valence electrons. The van der Waals surface area contributed by atoms with Crippen molar-refractivity contribution in [3.05, 3.63) is 0 Å². The summed E-state index contributed by atoms with van der Waals surface area (Å²) in [5.41, 5.74) is 5.17. The zero-order valence-corrected chi connectivity index (χ0v) is 10.2. The monoisotopic (exact) mass is 245 g/mol. The predicted octanol–water partition coefficient (Wildman–Crippen LogP) is -1.32. The first-order valence-corrected chi connectivity index (χ1v) is 5.28. The van der Waals surface area contributed by atoms with E-state index >= 15 is 0 Å². The van der Waals surface area contributed by atoms with Gasteiger partial charge in [-0.25, -0.2) is 4.79 Å². The van der Waals surface area contributed by atoms with Gasteiger partial charge in [0.25, 0.3) is 0 Å². The summed E-state index contributed by atoms with van der Waals surface area (Å²) < 4.78 is 0. The molecule has 0 aliphatic rings. The second kappa shape index (κ2) is 6.85. The Kier molecular flexibility index (Phi) is 6.19. The van der Waals surface area contributed by atoms with Crippen LogP contribution in [0.1, 0.15) is 20.8 Å². The van der Waals surface area contributed by atoms with Gasteiger partial charge < -0.3 is 21.5 Å². The zero-order chi connectivity index (χ0) is 13.6. The van der Waals surface area contributed by atoms with Crippen molar-refractivity contribution in [3.63, 3.8) is 0 Å². The maximum Gasteiger partial charge on any atom is 0.327 e. The van der Waals surface area contributed by atoms with Crippen molar-refractivity contribution in [2.75, 3.05) is 6.54 Å². The lowest BCUT2D eigenvalue weighted by atomic mass is 10.0. The third kappa shape index (κ3) is 5.86. The van der Waals surface area contributed by atoms with E-state index in [0.29, 0.717) is 0 Å². The van der Waals surface area contributed by atoms with Gasteiger partial charge in [-0.05, 0) is 5.92 Å². The maximum absolute atomic E-state index is 11.1. The summed E-state index contributed by atoms with van der Waals surface area (Å²) in [6.07, 6.45) is 0. The first-order valence-electron chi connectivity index (χ1n) is 5.28. The molecule has 0 aromatic carbocycles. The molecule has 0 saturated heterocycles. The number of carbonyl (C=O) groups excluding carboxylic acids is 2. The van der Waals surface area contributed by atoms with Crippen LogP contribution < -0.4 is 16.4 Å². The van der Waals surface area contributed by atoms with Gasteiger partial charge in [0, 0.05) is 13.5 Å². The number of rotatable bonds is 7. The largest absolute Gasteiger partial charge is 0.480 e. The van der Waals surface area contributed by atoms with Crippen LogP contribution in [0.2, 0.25) is 0 Å². The lowest BCUT2D eigenvalue weighted by Gasteiger charge is -2.21. The molecule has 2 amide bonds. The molecule has 0 aliphatic heterocycles. The minimum Gasteiger partial charge on any atom is -0.480 e. The normalized spacial score (nSPS) is 14.1. The molecule has 5 N–H and O–H groups in total. The third-order valence-electron chi connectivity index (χ3n) is 2.19. The first-order chi connectivity index (χ1) is 7.75. The highest BCUT2D eigenvalue weighted by Crippen LogP contribution is 2.00. The van der Waals surface area contributed by atoms with Gasteiger partial charge in [-0.2, -0.15) is 0 Å². The standard InChI is InChI=1S/C10H19N3O4/c1-5(2)8(9(11)15)12-4-7(10(16)17)13-6(3)14/h5,7-8,12H,4H2,1-3H3,(H2,11,15)(H,13,14)(H,16,17).